The van der Waals surface area contributed by atoms with Crippen molar-refractivity contribution in [2.45, 2.75) is 44.1 Å². The lowest BCUT2D eigenvalue weighted by Gasteiger charge is -2.28. The molecule has 6 nitrogen and oxygen atoms in total. The second kappa shape index (κ2) is 10.9. The van der Waals surface area contributed by atoms with Gasteiger partial charge in [-0.2, -0.15) is 22.0 Å². The molecule has 3 aromatic rings. The molecule has 1 aliphatic heterocycles. The maximum Gasteiger partial charge on any atom is 0.416 e. The van der Waals surface area contributed by atoms with E-state index in [1.165, 1.54) is 0 Å². The van der Waals surface area contributed by atoms with Crippen LogP contribution in [0, 0.1) is 17.0 Å². The van der Waals surface area contributed by atoms with Crippen molar-refractivity contribution in [2.75, 3.05) is 10.8 Å². The van der Waals surface area contributed by atoms with Crippen LogP contribution in [0.25, 0.3) is 11.1 Å². The monoisotopic (exact) mass is 605 g/mol. The van der Waals surface area contributed by atoms with E-state index in [4.69, 9.17) is 4.74 Å². The van der Waals surface area contributed by atoms with E-state index >= 15 is 4.39 Å². The fourth-order valence-corrected chi connectivity index (χ4v) is 5.90. The average molecular weight is 606 g/mol. The number of alkyl halides is 5. The minimum Gasteiger partial charge on any atom is -0.460 e. The Morgan fingerprint density at radius 2 is 1.73 bits per heavy atom. The fraction of sp³-hybridized carbons (Fsp3) is 0.296. The van der Waals surface area contributed by atoms with Crippen LogP contribution in [0.2, 0.25) is 0 Å². The molecular weight excluding hydrogens is 583 g/mol. The van der Waals surface area contributed by atoms with Gasteiger partial charge in [0.2, 0.25) is 0 Å². The second-order valence-corrected chi connectivity index (χ2v) is 11.8. The fourth-order valence-electron chi connectivity index (χ4n) is 4.36. The quantitative estimate of drug-likeness (QED) is 0.209. The van der Waals surface area contributed by atoms with Crippen LogP contribution in [0.4, 0.5) is 36.4 Å². The predicted molar refractivity (Wildman–Crippen MR) is 133 cm³/mol. The molecule has 14 heteroatoms. The Morgan fingerprint density at radius 3 is 2.34 bits per heavy atom. The van der Waals surface area contributed by atoms with Crippen molar-refractivity contribution < 1.29 is 53.4 Å². The molecule has 0 N–H and O–H groups in total. The first kappa shape index (κ1) is 30.2. The van der Waals surface area contributed by atoms with Crippen molar-refractivity contribution in [2.24, 2.45) is 5.41 Å². The molecule has 0 bridgehead atoms. The minimum atomic E-state index is -4.93. The number of benzene rings is 3. The van der Waals surface area contributed by atoms with Gasteiger partial charge in [0.1, 0.15) is 23.5 Å². The summed E-state index contributed by atoms with van der Waals surface area (Å²) in [6.07, 6.45) is -5.97. The normalized spacial score (nSPS) is 17.0. The van der Waals surface area contributed by atoms with E-state index in [1.807, 2.05) is 0 Å². The van der Waals surface area contributed by atoms with Crippen LogP contribution in [-0.4, -0.2) is 33.6 Å². The third-order valence-electron chi connectivity index (χ3n) is 6.33. The lowest BCUT2D eigenvalue weighted by atomic mass is 9.90. The molecule has 0 aliphatic carbocycles. The van der Waals surface area contributed by atoms with Gasteiger partial charge in [0, 0.05) is 12.5 Å². The number of nitrogens with zero attached hydrogens (tertiary/aromatic N) is 1. The Labute approximate surface area is 230 Å². The summed E-state index contributed by atoms with van der Waals surface area (Å²) in [7, 11) is -4.93. The van der Waals surface area contributed by atoms with Crippen LogP contribution < -0.4 is 9.04 Å². The molecule has 41 heavy (non-hydrogen) atoms. The summed E-state index contributed by atoms with van der Waals surface area (Å²) < 4.78 is 132. The molecule has 1 heterocycles. The summed E-state index contributed by atoms with van der Waals surface area (Å²) in [6.45, 7) is -0.854. The summed E-state index contributed by atoms with van der Waals surface area (Å²) in [5.74, 6) is -3.33. The van der Waals surface area contributed by atoms with E-state index in [1.54, 1.807) is 13.8 Å². The first-order valence-electron chi connectivity index (χ1n) is 11.9. The van der Waals surface area contributed by atoms with Crippen LogP contribution in [0.15, 0.2) is 65.6 Å². The van der Waals surface area contributed by atoms with Crippen molar-refractivity contribution >= 4 is 21.7 Å². The topological polar surface area (TPSA) is 72.9 Å². The largest absolute Gasteiger partial charge is 0.460 e. The molecule has 3 aromatic carbocycles. The number of rotatable bonds is 8. The smallest absolute Gasteiger partial charge is 0.416 e. The van der Waals surface area contributed by atoms with Crippen molar-refractivity contribution in [1.29, 1.82) is 0 Å². The lowest BCUT2D eigenvalue weighted by Crippen LogP contribution is -2.38. The maximum absolute atomic E-state index is 15.3. The van der Waals surface area contributed by atoms with E-state index in [9.17, 15) is 39.6 Å². The second-order valence-electron chi connectivity index (χ2n) is 9.90. The SMILES string of the molecule is CC1(C)CC(CN(c2cc(-c3cc(F)cc(OC(F)F)c3)ccc2F)S(=O)(=O)c2cccc(C(F)(F)F)c2)OC1=O. The van der Waals surface area contributed by atoms with E-state index < -0.39 is 80.4 Å². The Kier molecular flexibility index (Phi) is 8.00. The third kappa shape index (κ3) is 6.58. The molecule has 1 aliphatic rings. The van der Waals surface area contributed by atoms with Gasteiger partial charge in [-0.25, -0.2) is 17.2 Å². The van der Waals surface area contributed by atoms with Gasteiger partial charge < -0.3 is 9.47 Å². The van der Waals surface area contributed by atoms with Crippen LogP contribution >= 0.6 is 0 Å². The average Bonchev–Trinajstić information content (AvgIpc) is 3.12. The highest BCUT2D eigenvalue weighted by molar-refractivity contribution is 7.92. The van der Waals surface area contributed by atoms with Crippen LogP contribution in [-0.2, 0) is 25.7 Å². The highest BCUT2D eigenvalue weighted by Gasteiger charge is 2.44. The van der Waals surface area contributed by atoms with Gasteiger partial charge >= 0.3 is 18.8 Å². The summed E-state index contributed by atoms with van der Waals surface area (Å²) in [5, 5.41) is 0. The molecule has 1 fully saturated rings. The van der Waals surface area contributed by atoms with E-state index in [2.05, 4.69) is 4.74 Å². The molecule has 0 spiro atoms. The zero-order valence-corrected chi connectivity index (χ0v) is 22.2. The number of anilines is 1. The standard InChI is InChI=1S/C27H22F7NO5S/c1-26(2)13-20(39-24(26)36)14-35(41(37,38)21-5-3-4-17(11-21)27(32,33)34)23-10-15(6-7-22(23)29)16-8-18(28)12-19(9-16)40-25(30)31/h3-12,20,25H,13-14H2,1-2H3. The molecule has 1 unspecified atom stereocenters. The van der Waals surface area contributed by atoms with Gasteiger partial charge in [0.05, 0.1) is 28.1 Å². The van der Waals surface area contributed by atoms with Gasteiger partial charge in [-0.1, -0.05) is 12.1 Å². The summed E-state index contributed by atoms with van der Waals surface area (Å²) in [4.78, 5) is 11.4. The first-order chi connectivity index (χ1) is 19.0. The zero-order valence-electron chi connectivity index (χ0n) is 21.4. The molecular formula is C27H22F7NO5S. The molecule has 0 saturated carbocycles. The molecule has 4 rings (SSSR count). The molecule has 1 atom stereocenters. The predicted octanol–water partition coefficient (Wildman–Crippen LogP) is 6.79. The molecule has 0 amide bonds. The van der Waals surface area contributed by atoms with E-state index in [0.717, 1.165) is 42.5 Å². The van der Waals surface area contributed by atoms with Gasteiger partial charge in [-0.3, -0.25) is 9.10 Å². The van der Waals surface area contributed by atoms with Crippen LogP contribution in [0.5, 0.6) is 5.75 Å². The molecule has 0 aromatic heterocycles. The number of esters is 1. The summed E-state index contributed by atoms with van der Waals surface area (Å²) in [5.41, 5.74) is -3.08. The highest BCUT2D eigenvalue weighted by atomic mass is 32.2. The van der Waals surface area contributed by atoms with Gasteiger partial charge in [-0.15, -0.1) is 0 Å². The number of cyclic esters (lactones) is 1. The number of hydrogen-bond acceptors (Lipinski definition) is 5. The number of halogens is 7. The van der Waals surface area contributed by atoms with Crippen molar-refractivity contribution in [3.05, 3.63) is 77.9 Å². The van der Waals surface area contributed by atoms with E-state index in [-0.39, 0.29) is 17.5 Å². The van der Waals surface area contributed by atoms with Gasteiger partial charge in [-0.05, 0) is 67.4 Å². The highest BCUT2D eigenvalue weighted by Crippen LogP contribution is 2.38. The van der Waals surface area contributed by atoms with Crippen LogP contribution in [0.1, 0.15) is 25.8 Å². The first-order valence-corrected chi connectivity index (χ1v) is 13.4. The maximum atomic E-state index is 15.3. The number of ether oxygens (including phenoxy) is 2. The van der Waals surface area contributed by atoms with E-state index in [0.29, 0.717) is 22.5 Å². The number of sulfonamides is 1. The number of carbonyl (C=O) groups excluding carboxylic acids is 1. The van der Waals surface area contributed by atoms with Crippen LogP contribution in [0.3, 0.4) is 0 Å². The van der Waals surface area contributed by atoms with Crippen molar-refractivity contribution in [3.8, 4) is 16.9 Å². The van der Waals surface area contributed by atoms with Crippen molar-refractivity contribution in [1.82, 2.24) is 0 Å². The van der Waals surface area contributed by atoms with Crippen molar-refractivity contribution in [3.63, 3.8) is 0 Å². The number of carbonyl (C=O) groups is 1. The summed E-state index contributed by atoms with van der Waals surface area (Å²) in [6, 6.07) is 8.31. The summed E-state index contributed by atoms with van der Waals surface area (Å²) >= 11 is 0. The Hall–Kier alpha value is -3.81. The Balaban J connectivity index is 1.85. The van der Waals surface area contributed by atoms with Gasteiger partial charge in [0.25, 0.3) is 10.0 Å². The number of hydrogen-bond donors (Lipinski definition) is 0. The molecule has 0 radical (unpaired) electrons. The molecule has 220 valence electrons. The van der Waals surface area contributed by atoms with Gasteiger partial charge in [0.15, 0.2) is 0 Å². The molecule has 1 saturated heterocycles. The lowest BCUT2D eigenvalue weighted by molar-refractivity contribution is -0.147. The third-order valence-corrected chi connectivity index (χ3v) is 8.10. The Bertz CT molecular complexity index is 1570. The zero-order chi connectivity index (χ0) is 30.3. The Morgan fingerprint density at radius 1 is 1.02 bits per heavy atom. The minimum absolute atomic E-state index is 0.0139.